The number of benzene rings is 1. The van der Waals surface area contributed by atoms with Crippen LogP contribution < -0.4 is 10.2 Å². The van der Waals surface area contributed by atoms with Crippen LogP contribution in [-0.4, -0.2) is 18.2 Å². The number of hydrogen-bond acceptors (Lipinski definition) is 3. The predicted molar refractivity (Wildman–Crippen MR) is 77.8 cm³/mol. The number of halogens is 1. The molecule has 1 rings (SSSR count). The minimum atomic E-state index is -0.273. The Kier molecular flexibility index (Phi) is 6.36. The summed E-state index contributed by atoms with van der Waals surface area (Å²) in [5.41, 5.74) is 4.26. The van der Waals surface area contributed by atoms with Gasteiger partial charge in [0.1, 0.15) is 5.75 Å². The second-order valence-corrected chi connectivity index (χ2v) is 4.77. The molecule has 0 saturated heterocycles. The maximum Gasteiger partial charge on any atom is 0.277 e. The van der Waals surface area contributed by atoms with Gasteiger partial charge in [-0.3, -0.25) is 4.79 Å². The zero-order valence-corrected chi connectivity index (χ0v) is 12.3. The van der Waals surface area contributed by atoms with Gasteiger partial charge in [-0.1, -0.05) is 24.9 Å². The largest absolute Gasteiger partial charge is 0.483 e. The van der Waals surface area contributed by atoms with E-state index in [1.165, 1.54) is 0 Å². The highest BCUT2D eigenvalue weighted by atomic mass is 35.5. The molecule has 0 aromatic heterocycles. The highest BCUT2D eigenvalue weighted by Gasteiger charge is 2.04. The molecule has 0 heterocycles. The van der Waals surface area contributed by atoms with Crippen LogP contribution in [0.25, 0.3) is 0 Å². The lowest BCUT2D eigenvalue weighted by atomic mass is 10.2. The molecule has 1 aromatic rings. The van der Waals surface area contributed by atoms with Crippen molar-refractivity contribution in [3.63, 3.8) is 0 Å². The number of carbonyl (C=O) groups is 1. The number of ether oxygens (including phenoxy) is 1. The van der Waals surface area contributed by atoms with Crippen molar-refractivity contribution in [3.8, 4) is 5.75 Å². The summed E-state index contributed by atoms with van der Waals surface area (Å²) in [7, 11) is 0. The second-order valence-electron chi connectivity index (χ2n) is 4.33. The monoisotopic (exact) mass is 282 g/mol. The number of hydrogen-bond donors (Lipinski definition) is 1. The zero-order valence-electron chi connectivity index (χ0n) is 11.5. The SMILES string of the molecule is CCC/C(C)=N/NC(=O)COc1ccc(Cl)cc1C. The number of nitrogens with zero attached hydrogens (tertiary/aromatic N) is 1. The first-order valence-electron chi connectivity index (χ1n) is 6.24. The molecule has 0 fully saturated rings. The normalized spacial score (nSPS) is 11.3. The fourth-order valence-corrected chi connectivity index (χ4v) is 1.75. The summed E-state index contributed by atoms with van der Waals surface area (Å²) >= 11 is 5.84. The number of nitrogens with one attached hydrogen (secondary N) is 1. The molecule has 5 heteroatoms. The van der Waals surface area contributed by atoms with Crippen molar-refractivity contribution >= 4 is 23.2 Å². The van der Waals surface area contributed by atoms with Gasteiger partial charge in [0.25, 0.3) is 5.91 Å². The first kappa shape index (κ1) is 15.5. The molecule has 0 atom stereocenters. The molecule has 1 aromatic carbocycles. The molecular formula is C14H19ClN2O2. The summed E-state index contributed by atoms with van der Waals surface area (Å²) in [4.78, 5) is 11.5. The van der Waals surface area contributed by atoms with E-state index in [0.29, 0.717) is 10.8 Å². The van der Waals surface area contributed by atoms with E-state index in [-0.39, 0.29) is 12.5 Å². The number of amides is 1. The van der Waals surface area contributed by atoms with Crippen LogP contribution in [0.15, 0.2) is 23.3 Å². The highest BCUT2D eigenvalue weighted by molar-refractivity contribution is 6.30. The Morgan fingerprint density at radius 2 is 2.21 bits per heavy atom. The third-order valence-electron chi connectivity index (χ3n) is 2.48. The Morgan fingerprint density at radius 1 is 1.47 bits per heavy atom. The van der Waals surface area contributed by atoms with Crippen LogP contribution in [0.2, 0.25) is 5.02 Å². The third-order valence-corrected chi connectivity index (χ3v) is 2.71. The van der Waals surface area contributed by atoms with Crippen LogP contribution in [-0.2, 0) is 4.79 Å². The van der Waals surface area contributed by atoms with Gasteiger partial charge in [0.15, 0.2) is 6.61 Å². The van der Waals surface area contributed by atoms with Crippen molar-refractivity contribution < 1.29 is 9.53 Å². The van der Waals surface area contributed by atoms with Crippen LogP contribution >= 0.6 is 11.6 Å². The van der Waals surface area contributed by atoms with Crippen LogP contribution in [0.5, 0.6) is 5.75 Å². The van der Waals surface area contributed by atoms with Crippen molar-refractivity contribution in [1.82, 2.24) is 5.43 Å². The van der Waals surface area contributed by atoms with E-state index in [9.17, 15) is 4.79 Å². The van der Waals surface area contributed by atoms with E-state index in [1.807, 2.05) is 13.8 Å². The van der Waals surface area contributed by atoms with Crippen LogP contribution in [0, 0.1) is 6.92 Å². The van der Waals surface area contributed by atoms with E-state index in [2.05, 4.69) is 17.5 Å². The molecule has 0 unspecified atom stereocenters. The van der Waals surface area contributed by atoms with Crippen LogP contribution in [0.1, 0.15) is 32.3 Å². The summed E-state index contributed by atoms with van der Waals surface area (Å²) in [6, 6.07) is 5.26. The first-order valence-corrected chi connectivity index (χ1v) is 6.61. The van der Waals surface area contributed by atoms with Gasteiger partial charge in [-0.2, -0.15) is 5.10 Å². The van der Waals surface area contributed by atoms with E-state index in [0.717, 1.165) is 24.1 Å². The first-order chi connectivity index (χ1) is 9.02. The molecule has 0 aliphatic rings. The number of hydrazone groups is 1. The van der Waals surface area contributed by atoms with E-state index >= 15 is 0 Å². The van der Waals surface area contributed by atoms with E-state index < -0.39 is 0 Å². The van der Waals surface area contributed by atoms with Crippen molar-refractivity contribution in [2.45, 2.75) is 33.6 Å². The van der Waals surface area contributed by atoms with Crippen LogP contribution in [0.3, 0.4) is 0 Å². The fraction of sp³-hybridized carbons (Fsp3) is 0.429. The lowest BCUT2D eigenvalue weighted by molar-refractivity contribution is -0.123. The maximum absolute atomic E-state index is 11.5. The summed E-state index contributed by atoms with van der Waals surface area (Å²) in [5, 5.41) is 4.63. The molecule has 0 bridgehead atoms. The summed E-state index contributed by atoms with van der Waals surface area (Å²) in [6.45, 7) is 5.76. The quantitative estimate of drug-likeness (QED) is 0.643. The van der Waals surface area contributed by atoms with Gasteiger partial charge in [-0.05, 0) is 44.0 Å². The number of rotatable bonds is 6. The smallest absolute Gasteiger partial charge is 0.277 e. The molecule has 0 radical (unpaired) electrons. The molecule has 0 aliphatic heterocycles. The lowest BCUT2D eigenvalue weighted by Crippen LogP contribution is -2.25. The van der Waals surface area contributed by atoms with Gasteiger partial charge >= 0.3 is 0 Å². The van der Waals surface area contributed by atoms with E-state index in [4.69, 9.17) is 16.3 Å². The van der Waals surface area contributed by atoms with Gasteiger partial charge in [0.05, 0.1) is 0 Å². The average Bonchev–Trinajstić information content (AvgIpc) is 2.35. The van der Waals surface area contributed by atoms with Crippen molar-refractivity contribution in [1.29, 1.82) is 0 Å². The number of aryl methyl sites for hydroxylation is 1. The Bertz CT molecular complexity index is 473. The van der Waals surface area contributed by atoms with Gasteiger partial charge in [-0.15, -0.1) is 0 Å². The lowest BCUT2D eigenvalue weighted by Gasteiger charge is -2.08. The molecule has 1 N–H and O–H groups in total. The second kappa shape index (κ2) is 7.79. The molecule has 104 valence electrons. The Morgan fingerprint density at radius 3 is 2.84 bits per heavy atom. The third kappa shape index (κ3) is 5.75. The number of carbonyl (C=O) groups excluding carboxylic acids is 1. The molecule has 1 amide bonds. The van der Waals surface area contributed by atoms with Crippen LogP contribution in [0.4, 0.5) is 0 Å². The van der Waals surface area contributed by atoms with Crippen molar-refractivity contribution in [2.75, 3.05) is 6.61 Å². The van der Waals surface area contributed by atoms with Gasteiger partial charge in [0, 0.05) is 10.7 Å². The highest BCUT2D eigenvalue weighted by Crippen LogP contribution is 2.21. The molecule has 4 nitrogen and oxygen atoms in total. The standard InChI is InChI=1S/C14H19ClN2O2/c1-4-5-11(3)16-17-14(18)9-19-13-7-6-12(15)8-10(13)2/h6-8H,4-5,9H2,1-3H3,(H,17,18)/b16-11+. The topological polar surface area (TPSA) is 50.7 Å². The Hall–Kier alpha value is -1.55. The van der Waals surface area contributed by atoms with Gasteiger partial charge in [0.2, 0.25) is 0 Å². The molecule has 0 spiro atoms. The van der Waals surface area contributed by atoms with Crippen molar-refractivity contribution in [3.05, 3.63) is 28.8 Å². The van der Waals surface area contributed by atoms with Gasteiger partial charge < -0.3 is 4.74 Å². The molecule has 19 heavy (non-hydrogen) atoms. The average molecular weight is 283 g/mol. The molecule has 0 saturated carbocycles. The summed E-state index contributed by atoms with van der Waals surface area (Å²) in [6.07, 6.45) is 1.88. The molecular weight excluding hydrogens is 264 g/mol. The molecule has 0 aliphatic carbocycles. The minimum absolute atomic E-state index is 0.0641. The predicted octanol–water partition coefficient (Wildman–Crippen LogP) is 3.32. The maximum atomic E-state index is 11.5. The zero-order chi connectivity index (χ0) is 14.3. The minimum Gasteiger partial charge on any atom is -0.483 e. The van der Waals surface area contributed by atoms with E-state index in [1.54, 1.807) is 18.2 Å². The Balaban J connectivity index is 2.44. The van der Waals surface area contributed by atoms with Gasteiger partial charge in [-0.25, -0.2) is 5.43 Å². The van der Waals surface area contributed by atoms with Crippen molar-refractivity contribution in [2.24, 2.45) is 5.10 Å². The summed E-state index contributed by atoms with van der Waals surface area (Å²) < 4.78 is 5.41. The fourth-order valence-electron chi connectivity index (χ4n) is 1.53. The summed E-state index contributed by atoms with van der Waals surface area (Å²) in [5.74, 6) is 0.374. The Labute approximate surface area is 118 Å².